The number of carbonyl (C=O) groups is 3. The third-order valence-electron chi connectivity index (χ3n) is 6.78. The molecule has 34 heavy (non-hydrogen) atoms. The standard InChI is InChI=1S/C27H32N2O5/c1-27(2,15-24(30)29-14-13-18(16-29)11-12-25(31)32)28-26(33)34-17-23-21-9-5-3-7-19(21)20-8-4-6-10-22(20)23/h3-10,18,23H,11-17H2,1-2H3,(H,28,33)(H,31,32). The summed E-state index contributed by atoms with van der Waals surface area (Å²) in [5.41, 5.74) is 3.88. The highest BCUT2D eigenvalue weighted by Crippen LogP contribution is 2.44. The van der Waals surface area contributed by atoms with E-state index in [-0.39, 0.29) is 37.2 Å². The molecular formula is C27H32N2O5. The molecule has 1 aliphatic carbocycles. The molecule has 2 aromatic carbocycles. The summed E-state index contributed by atoms with van der Waals surface area (Å²) in [7, 11) is 0. The van der Waals surface area contributed by atoms with E-state index in [0.717, 1.165) is 17.5 Å². The number of alkyl carbamates (subject to hydrolysis) is 1. The predicted octanol–water partition coefficient (Wildman–Crippen LogP) is 4.41. The van der Waals surface area contributed by atoms with Gasteiger partial charge in [0.15, 0.2) is 0 Å². The fourth-order valence-electron chi connectivity index (χ4n) is 5.07. The van der Waals surface area contributed by atoms with Crippen molar-refractivity contribution >= 4 is 18.0 Å². The van der Waals surface area contributed by atoms with Crippen molar-refractivity contribution in [2.45, 2.75) is 51.0 Å². The molecule has 0 radical (unpaired) electrons. The Hall–Kier alpha value is -3.35. The van der Waals surface area contributed by atoms with E-state index in [1.54, 1.807) is 4.90 Å². The van der Waals surface area contributed by atoms with Crippen LogP contribution in [-0.4, -0.2) is 53.2 Å². The van der Waals surface area contributed by atoms with Gasteiger partial charge in [0.25, 0.3) is 0 Å². The van der Waals surface area contributed by atoms with Gasteiger partial charge in [-0.3, -0.25) is 9.59 Å². The number of hydrogen-bond acceptors (Lipinski definition) is 4. The second-order valence-corrected chi connectivity index (χ2v) is 9.94. The van der Waals surface area contributed by atoms with E-state index >= 15 is 0 Å². The van der Waals surface area contributed by atoms with Crippen LogP contribution in [0.4, 0.5) is 4.79 Å². The number of carboxylic acid groups (broad SMARTS) is 1. The van der Waals surface area contributed by atoms with Crippen LogP contribution in [0, 0.1) is 5.92 Å². The lowest BCUT2D eigenvalue weighted by Crippen LogP contribution is -2.47. The molecule has 2 N–H and O–H groups in total. The Balaban J connectivity index is 1.29. The highest BCUT2D eigenvalue weighted by molar-refractivity contribution is 5.80. The van der Waals surface area contributed by atoms with Crippen LogP contribution in [0.5, 0.6) is 0 Å². The first kappa shape index (κ1) is 23.8. The molecule has 0 bridgehead atoms. The first-order valence-electron chi connectivity index (χ1n) is 11.9. The largest absolute Gasteiger partial charge is 0.481 e. The van der Waals surface area contributed by atoms with Crippen LogP contribution in [0.1, 0.15) is 56.6 Å². The van der Waals surface area contributed by atoms with E-state index in [2.05, 4.69) is 29.6 Å². The number of aliphatic carboxylic acids is 1. The molecule has 1 heterocycles. The maximum Gasteiger partial charge on any atom is 0.407 e. The number of nitrogens with zero attached hydrogens (tertiary/aromatic N) is 1. The van der Waals surface area contributed by atoms with Crippen LogP contribution >= 0.6 is 0 Å². The van der Waals surface area contributed by atoms with Crippen LogP contribution in [0.15, 0.2) is 48.5 Å². The Morgan fingerprint density at radius 3 is 2.29 bits per heavy atom. The van der Waals surface area contributed by atoms with Gasteiger partial charge in [0.2, 0.25) is 5.91 Å². The van der Waals surface area contributed by atoms with Crippen molar-refractivity contribution in [3.8, 4) is 11.1 Å². The first-order valence-corrected chi connectivity index (χ1v) is 11.9. The molecule has 1 saturated heterocycles. The number of carboxylic acids is 1. The van der Waals surface area contributed by atoms with Crippen molar-refractivity contribution in [2.24, 2.45) is 5.92 Å². The molecule has 0 spiro atoms. The average Bonchev–Trinajstić information content (AvgIpc) is 3.39. The molecule has 2 amide bonds. The highest BCUT2D eigenvalue weighted by atomic mass is 16.5. The van der Waals surface area contributed by atoms with Gasteiger partial charge in [0.1, 0.15) is 6.61 Å². The lowest BCUT2D eigenvalue weighted by atomic mass is 9.98. The zero-order valence-electron chi connectivity index (χ0n) is 19.8. The summed E-state index contributed by atoms with van der Waals surface area (Å²) in [6.45, 7) is 5.05. The van der Waals surface area contributed by atoms with Crippen LogP contribution in [0.3, 0.4) is 0 Å². The predicted molar refractivity (Wildman–Crippen MR) is 128 cm³/mol. The fourth-order valence-corrected chi connectivity index (χ4v) is 5.07. The minimum Gasteiger partial charge on any atom is -0.481 e. The number of benzene rings is 2. The maximum atomic E-state index is 12.8. The second-order valence-electron chi connectivity index (χ2n) is 9.94. The van der Waals surface area contributed by atoms with Crippen molar-refractivity contribution in [1.29, 1.82) is 0 Å². The topological polar surface area (TPSA) is 95.9 Å². The smallest absolute Gasteiger partial charge is 0.407 e. The third-order valence-corrected chi connectivity index (χ3v) is 6.78. The van der Waals surface area contributed by atoms with Crippen molar-refractivity contribution in [1.82, 2.24) is 10.2 Å². The monoisotopic (exact) mass is 464 g/mol. The second kappa shape index (κ2) is 9.87. The van der Waals surface area contributed by atoms with Crippen molar-refractivity contribution < 1.29 is 24.2 Å². The Labute approximate surface area is 200 Å². The Morgan fingerprint density at radius 1 is 1.06 bits per heavy atom. The summed E-state index contributed by atoms with van der Waals surface area (Å²) in [6.07, 6.45) is 1.14. The van der Waals surface area contributed by atoms with Gasteiger partial charge in [-0.25, -0.2) is 4.79 Å². The van der Waals surface area contributed by atoms with Crippen molar-refractivity contribution in [2.75, 3.05) is 19.7 Å². The zero-order chi connectivity index (χ0) is 24.3. The Morgan fingerprint density at radius 2 is 1.68 bits per heavy atom. The quantitative estimate of drug-likeness (QED) is 0.603. The molecule has 0 saturated carbocycles. The van der Waals surface area contributed by atoms with E-state index in [1.165, 1.54) is 11.1 Å². The number of carbonyl (C=O) groups excluding carboxylic acids is 2. The molecule has 2 aromatic rings. The zero-order valence-corrected chi connectivity index (χ0v) is 19.8. The number of nitrogens with one attached hydrogen (secondary N) is 1. The number of amides is 2. The molecule has 4 rings (SSSR count). The van der Waals surface area contributed by atoms with Crippen LogP contribution in [0.25, 0.3) is 11.1 Å². The molecule has 7 nitrogen and oxygen atoms in total. The fraction of sp³-hybridized carbons (Fsp3) is 0.444. The lowest BCUT2D eigenvalue weighted by molar-refractivity contribution is -0.137. The summed E-state index contributed by atoms with van der Waals surface area (Å²) in [4.78, 5) is 38.0. The third kappa shape index (κ3) is 5.41. The molecular weight excluding hydrogens is 432 g/mol. The number of rotatable bonds is 8. The van der Waals surface area contributed by atoms with E-state index in [4.69, 9.17) is 9.84 Å². The summed E-state index contributed by atoms with van der Waals surface area (Å²) >= 11 is 0. The Bertz CT molecular complexity index is 1030. The van der Waals surface area contributed by atoms with E-state index in [9.17, 15) is 14.4 Å². The number of ether oxygens (including phenoxy) is 1. The maximum absolute atomic E-state index is 12.8. The minimum atomic E-state index is -0.807. The SMILES string of the molecule is CC(C)(CC(=O)N1CCC(CCC(=O)O)C1)NC(=O)OCC1c2ccccc2-c2ccccc21. The molecule has 2 aliphatic rings. The van der Waals surface area contributed by atoms with Gasteiger partial charge < -0.3 is 20.1 Å². The van der Waals surface area contributed by atoms with Gasteiger partial charge >= 0.3 is 12.1 Å². The minimum absolute atomic E-state index is 0.0183. The van der Waals surface area contributed by atoms with Crippen LogP contribution in [0.2, 0.25) is 0 Å². The van der Waals surface area contributed by atoms with E-state index in [0.29, 0.717) is 19.5 Å². The molecule has 1 aliphatic heterocycles. The highest BCUT2D eigenvalue weighted by Gasteiger charge is 2.33. The number of likely N-dealkylation sites (tertiary alicyclic amines) is 1. The van der Waals surface area contributed by atoms with E-state index in [1.807, 2.05) is 38.1 Å². The average molecular weight is 465 g/mol. The van der Waals surface area contributed by atoms with Crippen LogP contribution in [-0.2, 0) is 14.3 Å². The number of fused-ring (bicyclic) bond motifs is 3. The lowest BCUT2D eigenvalue weighted by Gasteiger charge is -2.28. The van der Waals surface area contributed by atoms with E-state index < -0.39 is 17.6 Å². The molecule has 1 atom stereocenters. The number of hydrogen-bond donors (Lipinski definition) is 2. The van der Waals surface area contributed by atoms with Gasteiger partial charge in [-0.05, 0) is 54.9 Å². The summed E-state index contributed by atoms with van der Waals surface area (Å²) in [5.74, 6) is -0.645. The summed E-state index contributed by atoms with van der Waals surface area (Å²) < 4.78 is 5.62. The summed E-state index contributed by atoms with van der Waals surface area (Å²) in [5, 5.41) is 11.7. The van der Waals surface area contributed by atoms with Crippen molar-refractivity contribution in [3.63, 3.8) is 0 Å². The summed E-state index contributed by atoms with van der Waals surface area (Å²) in [6, 6.07) is 16.3. The van der Waals surface area contributed by atoms with Gasteiger partial charge in [0.05, 0.1) is 0 Å². The Kier molecular flexibility index (Phi) is 6.91. The van der Waals surface area contributed by atoms with Gasteiger partial charge in [-0.2, -0.15) is 0 Å². The van der Waals surface area contributed by atoms with Gasteiger partial charge in [0, 0.05) is 37.4 Å². The molecule has 0 aromatic heterocycles. The molecule has 180 valence electrons. The van der Waals surface area contributed by atoms with Crippen LogP contribution < -0.4 is 5.32 Å². The molecule has 7 heteroatoms. The first-order chi connectivity index (χ1) is 16.2. The normalized spacial score (nSPS) is 17.2. The van der Waals surface area contributed by atoms with Gasteiger partial charge in [-0.1, -0.05) is 48.5 Å². The molecule has 1 unspecified atom stereocenters. The molecule has 1 fully saturated rings. The van der Waals surface area contributed by atoms with Crippen molar-refractivity contribution in [3.05, 3.63) is 59.7 Å². The van der Waals surface area contributed by atoms with Gasteiger partial charge in [-0.15, -0.1) is 0 Å².